The first kappa shape index (κ1) is 19.5. The summed E-state index contributed by atoms with van der Waals surface area (Å²) in [4.78, 5) is 12.4. The van der Waals surface area contributed by atoms with Crippen LogP contribution in [0.2, 0.25) is 0 Å². The molecule has 4 aromatic rings. The van der Waals surface area contributed by atoms with E-state index in [9.17, 15) is 4.79 Å². The lowest BCUT2D eigenvalue weighted by molar-refractivity contribution is 0.155. The minimum absolute atomic E-state index is 0.163. The third-order valence-corrected chi connectivity index (χ3v) is 4.75. The van der Waals surface area contributed by atoms with Crippen molar-refractivity contribution in [3.8, 4) is 17.0 Å². The molecule has 1 amide bonds. The van der Waals surface area contributed by atoms with Gasteiger partial charge >= 0.3 is 6.09 Å². The highest BCUT2D eigenvalue weighted by molar-refractivity contribution is 5.85. The van der Waals surface area contributed by atoms with Gasteiger partial charge < -0.3 is 9.47 Å². The fraction of sp³-hybridized carbons (Fsp3) is 0.227. The number of hydrogen-bond acceptors (Lipinski definition) is 5. The van der Waals surface area contributed by atoms with Crippen LogP contribution < -0.4 is 10.1 Å². The van der Waals surface area contributed by atoms with Gasteiger partial charge in [0.15, 0.2) is 0 Å². The van der Waals surface area contributed by atoms with Crippen LogP contribution in [-0.4, -0.2) is 32.8 Å². The standard InChI is InChI=1S/C22H23N5O3/c1-4-27-21(12-19(25-27)17-7-5-6-8-20(17)29-3)23-22(28)30-14-15-9-10-18-16(11-15)13-26(2)24-18/h5-13H,4,14H2,1-3H3,(H,23,28). The summed E-state index contributed by atoms with van der Waals surface area (Å²) in [5, 5.41) is 12.7. The molecule has 30 heavy (non-hydrogen) atoms. The molecular formula is C22H23N5O3. The molecule has 0 atom stereocenters. The van der Waals surface area contributed by atoms with Gasteiger partial charge in [-0.05, 0) is 36.8 Å². The second kappa shape index (κ2) is 8.28. The molecule has 0 fully saturated rings. The second-order valence-electron chi connectivity index (χ2n) is 6.83. The van der Waals surface area contributed by atoms with Gasteiger partial charge in [0.1, 0.15) is 18.2 Å². The van der Waals surface area contributed by atoms with E-state index in [4.69, 9.17) is 9.47 Å². The number of methoxy groups -OCH3 is 1. The molecule has 0 aliphatic carbocycles. The number of fused-ring (bicyclic) bond motifs is 1. The van der Waals surface area contributed by atoms with Gasteiger partial charge in [-0.1, -0.05) is 18.2 Å². The summed E-state index contributed by atoms with van der Waals surface area (Å²) in [7, 11) is 3.49. The summed E-state index contributed by atoms with van der Waals surface area (Å²) in [5.74, 6) is 1.28. The Morgan fingerprint density at radius 1 is 1.13 bits per heavy atom. The van der Waals surface area contributed by atoms with Crippen molar-refractivity contribution in [2.24, 2.45) is 7.05 Å². The maximum Gasteiger partial charge on any atom is 0.413 e. The number of ether oxygens (including phenoxy) is 2. The summed E-state index contributed by atoms with van der Waals surface area (Å²) in [6.45, 7) is 2.72. The van der Waals surface area contributed by atoms with Crippen molar-refractivity contribution in [1.82, 2.24) is 19.6 Å². The van der Waals surface area contributed by atoms with Gasteiger partial charge in [0, 0.05) is 36.8 Å². The monoisotopic (exact) mass is 405 g/mol. The molecule has 0 radical (unpaired) electrons. The Kier molecular flexibility index (Phi) is 5.38. The smallest absolute Gasteiger partial charge is 0.413 e. The summed E-state index contributed by atoms with van der Waals surface area (Å²) in [6.07, 6.45) is 1.39. The number of anilines is 1. The van der Waals surface area contributed by atoms with Gasteiger partial charge in [-0.15, -0.1) is 0 Å². The molecule has 8 nitrogen and oxygen atoms in total. The number of rotatable bonds is 6. The quantitative estimate of drug-likeness (QED) is 0.519. The van der Waals surface area contributed by atoms with E-state index in [0.717, 1.165) is 27.8 Å². The Morgan fingerprint density at radius 2 is 1.97 bits per heavy atom. The number of carbonyl (C=O) groups is 1. The van der Waals surface area contributed by atoms with Gasteiger partial charge in [0.25, 0.3) is 0 Å². The van der Waals surface area contributed by atoms with Crippen LogP contribution in [-0.2, 0) is 24.9 Å². The van der Waals surface area contributed by atoms with E-state index < -0.39 is 6.09 Å². The molecule has 0 aliphatic heterocycles. The van der Waals surface area contributed by atoms with Crippen molar-refractivity contribution >= 4 is 22.8 Å². The van der Waals surface area contributed by atoms with E-state index in [2.05, 4.69) is 15.5 Å². The molecule has 2 aromatic carbocycles. The molecule has 2 aromatic heterocycles. The molecule has 0 bridgehead atoms. The second-order valence-corrected chi connectivity index (χ2v) is 6.83. The SMILES string of the molecule is CCn1nc(-c2ccccc2OC)cc1NC(=O)OCc1ccc2nn(C)cc2c1. The minimum atomic E-state index is -0.539. The summed E-state index contributed by atoms with van der Waals surface area (Å²) >= 11 is 0. The normalized spacial score (nSPS) is 10.9. The molecule has 0 spiro atoms. The number of para-hydroxylation sites is 1. The zero-order valence-corrected chi connectivity index (χ0v) is 17.1. The van der Waals surface area contributed by atoms with Gasteiger partial charge in [-0.2, -0.15) is 10.2 Å². The number of hydrogen-bond donors (Lipinski definition) is 1. The van der Waals surface area contributed by atoms with Crippen molar-refractivity contribution in [2.75, 3.05) is 12.4 Å². The first-order valence-corrected chi connectivity index (χ1v) is 9.64. The maximum atomic E-state index is 12.4. The summed E-state index contributed by atoms with van der Waals surface area (Å²) in [5.41, 5.74) is 3.37. The van der Waals surface area contributed by atoms with E-state index in [0.29, 0.717) is 18.1 Å². The molecular weight excluding hydrogens is 382 g/mol. The van der Waals surface area contributed by atoms with Crippen LogP contribution in [0.3, 0.4) is 0 Å². The Morgan fingerprint density at radius 3 is 2.77 bits per heavy atom. The maximum absolute atomic E-state index is 12.4. The number of aromatic nitrogens is 4. The summed E-state index contributed by atoms with van der Waals surface area (Å²) in [6, 6.07) is 15.2. The number of nitrogens with one attached hydrogen (secondary N) is 1. The van der Waals surface area contributed by atoms with Gasteiger partial charge in [0.05, 0.1) is 18.3 Å². The molecule has 154 valence electrons. The predicted octanol–water partition coefficient (Wildman–Crippen LogP) is 4.21. The molecule has 0 saturated heterocycles. The van der Waals surface area contributed by atoms with Crippen molar-refractivity contribution in [3.05, 3.63) is 60.3 Å². The van der Waals surface area contributed by atoms with Gasteiger partial charge in [-0.25, -0.2) is 9.48 Å². The van der Waals surface area contributed by atoms with Crippen molar-refractivity contribution < 1.29 is 14.3 Å². The van der Waals surface area contributed by atoms with Crippen LogP contribution >= 0.6 is 0 Å². The first-order chi connectivity index (χ1) is 14.6. The average Bonchev–Trinajstić information content (AvgIpc) is 3.33. The van der Waals surface area contributed by atoms with Crippen LogP contribution in [0, 0.1) is 0 Å². The lowest BCUT2D eigenvalue weighted by Crippen LogP contribution is -2.16. The molecule has 8 heteroatoms. The van der Waals surface area contributed by atoms with Crippen LogP contribution in [0.5, 0.6) is 5.75 Å². The fourth-order valence-electron chi connectivity index (χ4n) is 3.32. The van der Waals surface area contributed by atoms with Crippen LogP contribution in [0.25, 0.3) is 22.2 Å². The highest BCUT2D eigenvalue weighted by Gasteiger charge is 2.15. The summed E-state index contributed by atoms with van der Waals surface area (Å²) < 4.78 is 14.3. The Labute approximate surface area is 174 Å². The average molecular weight is 405 g/mol. The lowest BCUT2D eigenvalue weighted by atomic mass is 10.1. The Hall–Kier alpha value is -3.81. The largest absolute Gasteiger partial charge is 0.496 e. The molecule has 1 N–H and O–H groups in total. The van der Waals surface area contributed by atoms with Crippen LogP contribution in [0.4, 0.5) is 10.6 Å². The zero-order chi connectivity index (χ0) is 21.1. The highest BCUT2D eigenvalue weighted by atomic mass is 16.5. The van der Waals surface area contributed by atoms with E-state index in [1.165, 1.54) is 0 Å². The Balaban J connectivity index is 1.46. The number of carbonyl (C=O) groups excluding carboxylic acids is 1. The van der Waals surface area contributed by atoms with Gasteiger partial charge in [0.2, 0.25) is 0 Å². The van der Waals surface area contributed by atoms with E-state index in [-0.39, 0.29) is 6.61 Å². The highest BCUT2D eigenvalue weighted by Crippen LogP contribution is 2.30. The number of amides is 1. The molecule has 0 unspecified atom stereocenters. The number of nitrogens with zero attached hydrogens (tertiary/aromatic N) is 4. The minimum Gasteiger partial charge on any atom is -0.496 e. The number of benzene rings is 2. The van der Waals surface area contributed by atoms with Crippen molar-refractivity contribution in [2.45, 2.75) is 20.1 Å². The topological polar surface area (TPSA) is 83.2 Å². The predicted molar refractivity (Wildman–Crippen MR) is 114 cm³/mol. The number of aryl methyl sites for hydroxylation is 2. The van der Waals surface area contributed by atoms with Crippen LogP contribution in [0.15, 0.2) is 54.7 Å². The zero-order valence-electron chi connectivity index (χ0n) is 17.1. The van der Waals surface area contributed by atoms with Gasteiger partial charge in [-0.3, -0.25) is 10.00 Å². The molecule has 4 rings (SSSR count). The van der Waals surface area contributed by atoms with E-state index in [1.807, 2.05) is 68.7 Å². The fourth-order valence-corrected chi connectivity index (χ4v) is 3.32. The van der Waals surface area contributed by atoms with E-state index in [1.54, 1.807) is 16.5 Å². The lowest BCUT2D eigenvalue weighted by Gasteiger charge is -2.08. The molecule has 0 saturated carbocycles. The van der Waals surface area contributed by atoms with E-state index >= 15 is 0 Å². The van der Waals surface area contributed by atoms with Crippen molar-refractivity contribution in [1.29, 1.82) is 0 Å². The third kappa shape index (κ3) is 3.98. The first-order valence-electron chi connectivity index (χ1n) is 9.64. The third-order valence-electron chi connectivity index (χ3n) is 4.75. The molecule has 2 heterocycles. The Bertz CT molecular complexity index is 1190. The van der Waals surface area contributed by atoms with Crippen molar-refractivity contribution in [3.63, 3.8) is 0 Å². The van der Waals surface area contributed by atoms with Crippen LogP contribution in [0.1, 0.15) is 12.5 Å². The molecule has 0 aliphatic rings.